The average Bonchev–Trinajstić information content (AvgIpc) is 3.34. The highest BCUT2D eigenvalue weighted by atomic mass is 35.5. The highest BCUT2D eigenvalue weighted by molar-refractivity contribution is 6.30. The number of nitrogens with two attached hydrogens (primary N) is 1. The normalized spacial score (nSPS) is 11.6. The Bertz CT molecular complexity index is 1800. The van der Waals surface area contributed by atoms with Gasteiger partial charge in [-0.05, 0) is 53.9 Å². The number of aromatic nitrogens is 5. The van der Waals surface area contributed by atoms with Gasteiger partial charge in [-0.25, -0.2) is 14.2 Å². The first-order chi connectivity index (χ1) is 18.6. The Balaban J connectivity index is 1.83. The summed E-state index contributed by atoms with van der Waals surface area (Å²) in [6.45, 7) is 1.27. The second-order valence-electron chi connectivity index (χ2n) is 8.70. The van der Waals surface area contributed by atoms with Crippen molar-refractivity contribution < 1.29 is 13.2 Å². The SMILES string of the molecule is Cc1nc(C(F)(F)F)ccc1Cn1c(=O)c(-c2ccc(C#N)cc2)c(-c2ccc(Cl)cc2)c2nnc(CN)n21. The van der Waals surface area contributed by atoms with E-state index < -0.39 is 17.4 Å². The molecule has 5 aromatic rings. The van der Waals surface area contributed by atoms with E-state index >= 15 is 0 Å². The summed E-state index contributed by atoms with van der Waals surface area (Å²) in [5.41, 5.74) is 7.57. The Morgan fingerprint density at radius 2 is 1.62 bits per heavy atom. The summed E-state index contributed by atoms with van der Waals surface area (Å²) in [4.78, 5) is 18.0. The van der Waals surface area contributed by atoms with Crippen LogP contribution in [0.2, 0.25) is 5.02 Å². The predicted molar refractivity (Wildman–Crippen MR) is 139 cm³/mol. The monoisotopic (exact) mass is 549 g/mol. The number of benzene rings is 2. The van der Waals surface area contributed by atoms with Gasteiger partial charge >= 0.3 is 6.18 Å². The third kappa shape index (κ3) is 4.76. The summed E-state index contributed by atoms with van der Waals surface area (Å²) >= 11 is 6.11. The molecule has 0 saturated carbocycles. The zero-order chi connectivity index (χ0) is 27.9. The highest BCUT2D eigenvalue weighted by Gasteiger charge is 2.33. The predicted octanol–water partition coefficient (Wildman–Crippen LogP) is 4.98. The maximum atomic E-state index is 14.3. The number of halogens is 4. The quantitative estimate of drug-likeness (QED) is 0.331. The Hall–Kier alpha value is -4.53. The van der Waals surface area contributed by atoms with Gasteiger partial charge in [0, 0.05) is 16.3 Å². The summed E-state index contributed by atoms with van der Waals surface area (Å²) in [7, 11) is 0. The van der Waals surface area contributed by atoms with Crippen LogP contribution in [-0.4, -0.2) is 24.4 Å². The van der Waals surface area contributed by atoms with E-state index in [1.165, 1.54) is 22.2 Å². The smallest absolute Gasteiger partial charge is 0.324 e. The lowest BCUT2D eigenvalue weighted by Crippen LogP contribution is -2.31. The fourth-order valence-electron chi connectivity index (χ4n) is 4.38. The molecular weight excluding hydrogens is 531 g/mol. The molecule has 0 radical (unpaired) electrons. The molecule has 12 heteroatoms. The average molecular weight is 550 g/mol. The Morgan fingerprint density at radius 1 is 0.974 bits per heavy atom. The molecule has 5 rings (SSSR count). The molecule has 0 unspecified atom stereocenters. The molecule has 0 atom stereocenters. The molecular formula is C27H19ClF3N7O. The van der Waals surface area contributed by atoms with E-state index in [1.54, 1.807) is 48.5 Å². The lowest BCUT2D eigenvalue weighted by Gasteiger charge is -2.18. The number of pyridine rings is 1. The number of aryl methyl sites for hydroxylation is 1. The van der Waals surface area contributed by atoms with Gasteiger partial charge in [-0.3, -0.25) is 4.79 Å². The molecule has 196 valence electrons. The van der Waals surface area contributed by atoms with Gasteiger partial charge in [-0.2, -0.15) is 18.4 Å². The zero-order valence-corrected chi connectivity index (χ0v) is 21.1. The maximum Gasteiger partial charge on any atom is 0.433 e. The highest BCUT2D eigenvalue weighted by Crippen LogP contribution is 2.34. The first-order valence-corrected chi connectivity index (χ1v) is 12.0. The summed E-state index contributed by atoms with van der Waals surface area (Å²) in [6, 6.07) is 17.6. The van der Waals surface area contributed by atoms with Crippen LogP contribution in [0.15, 0.2) is 65.5 Å². The molecule has 39 heavy (non-hydrogen) atoms. The van der Waals surface area contributed by atoms with Gasteiger partial charge in [0.1, 0.15) is 5.69 Å². The van der Waals surface area contributed by atoms with Crippen LogP contribution in [0, 0.1) is 18.3 Å². The molecule has 8 nitrogen and oxygen atoms in total. The minimum atomic E-state index is -4.60. The number of hydrogen-bond donors (Lipinski definition) is 1. The summed E-state index contributed by atoms with van der Waals surface area (Å²) in [5, 5.41) is 18.3. The number of fused-ring (bicyclic) bond motifs is 1. The lowest BCUT2D eigenvalue weighted by molar-refractivity contribution is -0.141. The molecule has 0 aliphatic rings. The molecule has 0 bridgehead atoms. The van der Waals surface area contributed by atoms with Crippen molar-refractivity contribution in [3.63, 3.8) is 0 Å². The van der Waals surface area contributed by atoms with E-state index in [9.17, 15) is 23.2 Å². The van der Waals surface area contributed by atoms with Crippen molar-refractivity contribution in [1.29, 1.82) is 5.26 Å². The van der Waals surface area contributed by atoms with Crippen LogP contribution < -0.4 is 11.3 Å². The van der Waals surface area contributed by atoms with Crippen LogP contribution in [-0.2, 0) is 19.3 Å². The van der Waals surface area contributed by atoms with Gasteiger partial charge in [0.25, 0.3) is 5.56 Å². The van der Waals surface area contributed by atoms with E-state index in [0.717, 1.165) is 6.07 Å². The topological polar surface area (TPSA) is 115 Å². The molecule has 3 heterocycles. The Labute approximate surface area is 224 Å². The van der Waals surface area contributed by atoms with Crippen molar-refractivity contribution >= 4 is 17.2 Å². The molecule has 2 N–H and O–H groups in total. The van der Waals surface area contributed by atoms with Gasteiger partial charge < -0.3 is 5.73 Å². The summed E-state index contributed by atoms with van der Waals surface area (Å²) in [6.07, 6.45) is -4.60. The van der Waals surface area contributed by atoms with Crippen molar-refractivity contribution in [2.24, 2.45) is 5.73 Å². The molecule has 0 fully saturated rings. The zero-order valence-electron chi connectivity index (χ0n) is 20.4. The fourth-order valence-corrected chi connectivity index (χ4v) is 4.50. The number of nitriles is 1. The van der Waals surface area contributed by atoms with Crippen molar-refractivity contribution in [3.8, 4) is 28.3 Å². The fraction of sp³-hybridized carbons (Fsp3) is 0.148. The summed E-state index contributed by atoms with van der Waals surface area (Å²) in [5.74, 6) is 0.279. The first-order valence-electron chi connectivity index (χ1n) is 11.6. The van der Waals surface area contributed by atoms with E-state index in [4.69, 9.17) is 17.3 Å². The van der Waals surface area contributed by atoms with Crippen LogP contribution in [0.1, 0.15) is 28.3 Å². The van der Waals surface area contributed by atoms with Crippen molar-refractivity contribution in [3.05, 3.63) is 104 Å². The number of hydrogen-bond acceptors (Lipinski definition) is 6. The van der Waals surface area contributed by atoms with Crippen LogP contribution in [0.3, 0.4) is 0 Å². The molecule has 0 amide bonds. The van der Waals surface area contributed by atoms with Crippen LogP contribution in [0.25, 0.3) is 27.9 Å². The van der Waals surface area contributed by atoms with Gasteiger partial charge in [-0.1, -0.05) is 41.9 Å². The summed E-state index contributed by atoms with van der Waals surface area (Å²) < 4.78 is 42.4. The van der Waals surface area contributed by atoms with Gasteiger partial charge in [0.15, 0.2) is 11.5 Å². The number of alkyl halides is 3. The molecule has 3 aromatic heterocycles. The number of rotatable bonds is 5. The van der Waals surface area contributed by atoms with Crippen molar-refractivity contribution in [2.75, 3.05) is 0 Å². The van der Waals surface area contributed by atoms with Gasteiger partial charge in [-0.15, -0.1) is 10.2 Å². The van der Waals surface area contributed by atoms with Crippen LogP contribution in [0.4, 0.5) is 13.2 Å². The Kier molecular flexibility index (Phi) is 6.68. The third-order valence-corrected chi connectivity index (χ3v) is 6.54. The standard InChI is InChI=1S/C27H19ClF3N7O/c1-15-19(8-11-21(34-15)27(29,30)31)14-37-26(39)24(18-4-2-16(12-32)3-5-18)23(17-6-9-20(28)10-7-17)25-36-35-22(13-33)38(25)37/h2-11H,13-14,33H2,1H3. The minimum Gasteiger partial charge on any atom is -0.324 e. The van der Waals surface area contributed by atoms with Crippen LogP contribution in [0.5, 0.6) is 0 Å². The Morgan fingerprint density at radius 3 is 2.21 bits per heavy atom. The number of nitrogens with zero attached hydrogens (tertiary/aromatic N) is 6. The van der Waals surface area contributed by atoms with E-state index in [-0.39, 0.29) is 30.2 Å². The van der Waals surface area contributed by atoms with Crippen molar-refractivity contribution in [2.45, 2.75) is 26.2 Å². The van der Waals surface area contributed by atoms with E-state index in [2.05, 4.69) is 21.3 Å². The van der Waals surface area contributed by atoms with E-state index in [1.807, 2.05) is 0 Å². The maximum absolute atomic E-state index is 14.3. The minimum absolute atomic E-state index is 0.0544. The second-order valence-corrected chi connectivity index (χ2v) is 9.14. The van der Waals surface area contributed by atoms with E-state index in [0.29, 0.717) is 38.5 Å². The van der Waals surface area contributed by atoms with Gasteiger partial charge in [0.2, 0.25) is 0 Å². The lowest BCUT2D eigenvalue weighted by atomic mass is 9.96. The second kappa shape index (κ2) is 9.98. The molecule has 0 aliphatic heterocycles. The van der Waals surface area contributed by atoms with Gasteiger partial charge in [0.05, 0.1) is 30.3 Å². The largest absolute Gasteiger partial charge is 0.433 e. The molecule has 0 aliphatic carbocycles. The molecule has 2 aromatic carbocycles. The first kappa shape index (κ1) is 26.1. The van der Waals surface area contributed by atoms with Crippen LogP contribution >= 0.6 is 11.6 Å². The van der Waals surface area contributed by atoms with Crippen molar-refractivity contribution in [1.82, 2.24) is 24.4 Å². The molecule has 0 spiro atoms. The molecule has 0 saturated heterocycles. The third-order valence-electron chi connectivity index (χ3n) is 6.29.